The van der Waals surface area contributed by atoms with Crippen molar-refractivity contribution in [3.63, 3.8) is 0 Å². The monoisotopic (exact) mass is 332 g/mol. The molecule has 2 rings (SSSR count). The summed E-state index contributed by atoms with van der Waals surface area (Å²) in [6.45, 7) is 6.20. The first-order valence-electron chi connectivity index (χ1n) is 7.46. The Morgan fingerprint density at radius 3 is 2.79 bits per heavy atom. The van der Waals surface area contributed by atoms with E-state index in [0.717, 1.165) is 17.2 Å². The first-order valence-corrected chi connectivity index (χ1v) is 7.46. The fourth-order valence-corrected chi connectivity index (χ4v) is 2.00. The van der Waals surface area contributed by atoms with Gasteiger partial charge in [0.2, 0.25) is 0 Å². The first kappa shape index (κ1) is 17.5. The molecule has 0 saturated heterocycles. The van der Waals surface area contributed by atoms with Crippen LogP contribution in [-0.2, 0) is 16.1 Å². The highest BCUT2D eigenvalue weighted by atomic mass is 16.6. The Hall–Kier alpha value is -2.90. The van der Waals surface area contributed by atoms with Gasteiger partial charge >= 0.3 is 12.1 Å². The second kappa shape index (κ2) is 7.12. The number of carbonyl (C=O) groups is 2. The van der Waals surface area contributed by atoms with Gasteiger partial charge in [-0.25, -0.2) is 14.3 Å². The summed E-state index contributed by atoms with van der Waals surface area (Å²) in [5.74, 6) is -1.01. The van der Waals surface area contributed by atoms with Crippen LogP contribution >= 0.6 is 0 Å². The van der Waals surface area contributed by atoms with Gasteiger partial charge in [-0.15, -0.1) is 5.10 Å². The van der Waals surface area contributed by atoms with E-state index in [1.807, 2.05) is 6.07 Å². The maximum absolute atomic E-state index is 11.6. The van der Waals surface area contributed by atoms with Crippen molar-refractivity contribution in [2.24, 2.45) is 0 Å². The zero-order valence-corrected chi connectivity index (χ0v) is 13.8. The van der Waals surface area contributed by atoms with E-state index >= 15 is 0 Å². The second-order valence-corrected chi connectivity index (χ2v) is 6.16. The molecule has 0 fully saturated rings. The maximum atomic E-state index is 11.6. The van der Waals surface area contributed by atoms with Crippen LogP contribution in [-0.4, -0.2) is 44.3 Å². The lowest BCUT2D eigenvalue weighted by Crippen LogP contribution is -2.34. The molecule has 0 unspecified atom stereocenters. The predicted molar refractivity (Wildman–Crippen MR) is 88.4 cm³/mol. The van der Waals surface area contributed by atoms with Gasteiger partial charge < -0.3 is 15.2 Å². The van der Waals surface area contributed by atoms with E-state index in [4.69, 9.17) is 9.84 Å². The molecule has 0 aliphatic heterocycles. The normalized spacial score (nSPS) is 11.8. The van der Waals surface area contributed by atoms with Crippen LogP contribution in [0.5, 0.6) is 0 Å². The lowest BCUT2D eigenvalue weighted by molar-refractivity contribution is -0.131. The molecule has 1 aromatic heterocycles. The molecule has 0 atom stereocenters. The molecule has 8 nitrogen and oxygen atoms in total. The molecule has 128 valence electrons. The van der Waals surface area contributed by atoms with Crippen LogP contribution < -0.4 is 5.32 Å². The van der Waals surface area contributed by atoms with Gasteiger partial charge in [-0.2, -0.15) is 0 Å². The number of carbonyl (C=O) groups excluding carboxylic acids is 1. The Kier molecular flexibility index (Phi) is 5.18. The van der Waals surface area contributed by atoms with E-state index in [1.54, 1.807) is 37.6 Å². The van der Waals surface area contributed by atoms with Crippen LogP contribution in [0.3, 0.4) is 0 Å². The third-order valence-corrected chi connectivity index (χ3v) is 2.95. The number of nitrogens with one attached hydrogen (secondary N) is 1. The average molecular weight is 332 g/mol. The summed E-state index contributed by atoms with van der Waals surface area (Å²) in [6, 6.07) is 5.34. The van der Waals surface area contributed by atoms with Gasteiger partial charge in [0.1, 0.15) is 11.1 Å². The van der Waals surface area contributed by atoms with Crippen molar-refractivity contribution in [1.82, 2.24) is 20.3 Å². The highest BCUT2D eigenvalue weighted by molar-refractivity contribution is 5.86. The average Bonchev–Trinajstić information content (AvgIpc) is 2.86. The minimum Gasteiger partial charge on any atom is -0.478 e. The molecule has 2 aromatic rings. The van der Waals surface area contributed by atoms with Crippen molar-refractivity contribution in [3.8, 4) is 0 Å². The second-order valence-electron chi connectivity index (χ2n) is 6.16. The highest BCUT2D eigenvalue weighted by Crippen LogP contribution is 2.14. The number of ether oxygens (including phenoxy) is 1. The van der Waals surface area contributed by atoms with Crippen LogP contribution in [0.2, 0.25) is 0 Å². The van der Waals surface area contributed by atoms with Crippen molar-refractivity contribution in [2.45, 2.75) is 32.9 Å². The molecule has 0 saturated carbocycles. The maximum Gasteiger partial charge on any atom is 0.407 e. The Balaban J connectivity index is 1.98. The van der Waals surface area contributed by atoms with Gasteiger partial charge in [-0.1, -0.05) is 11.3 Å². The Morgan fingerprint density at radius 1 is 1.38 bits per heavy atom. The van der Waals surface area contributed by atoms with E-state index in [1.165, 1.54) is 6.08 Å². The van der Waals surface area contributed by atoms with Crippen LogP contribution in [0.1, 0.15) is 26.3 Å². The quantitative estimate of drug-likeness (QED) is 0.812. The number of fused-ring (bicyclic) bond motifs is 1. The Bertz CT molecular complexity index is 774. The van der Waals surface area contributed by atoms with Crippen LogP contribution in [0, 0.1) is 0 Å². The number of aliphatic carboxylic acids is 1. The number of alkyl carbamates (subject to hydrolysis) is 1. The number of benzene rings is 1. The fourth-order valence-electron chi connectivity index (χ4n) is 2.00. The third-order valence-electron chi connectivity index (χ3n) is 2.95. The van der Waals surface area contributed by atoms with Crippen molar-refractivity contribution >= 4 is 29.2 Å². The molecule has 0 aliphatic rings. The number of rotatable bonds is 5. The number of hydrogen-bond acceptors (Lipinski definition) is 5. The van der Waals surface area contributed by atoms with Crippen LogP contribution in [0.15, 0.2) is 24.3 Å². The molecular weight excluding hydrogens is 312 g/mol. The van der Waals surface area contributed by atoms with Crippen molar-refractivity contribution < 1.29 is 19.4 Å². The zero-order chi connectivity index (χ0) is 17.7. The molecule has 0 bridgehead atoms. The molecule has 24 heavy (non-hydrogen) atoms. The smallest absolute Gasteiger partial charge is 0.407 e. The van der Waals surface area contributed by atoms with E-state index in [-0.39, 0.29) is 0 Å². The Morgan fingerprint density at radius 2 is 2.12 bits per heavy atom. The van der Waals surface area contributed by atoms with Gasteiger partial charge in [0.25, 0.3) is 0 Å². The summed E-state index contributed by atoms with van der Waals surface area (Å²) >= 11 is 0. The predicted octanol–water partition coefficient (Wildman–Crippen LogP) is 2.05. The van der Waals surface area contributed by atoms with Gasteiger partial charge in [-0.3, -0.25) is 0 Å². The van der Waals surface area contributed by atoms with E-state index in [2.05, 4.69) is 15.6 Å². The molecule has 8 heteroatoms. The minimum atomic E-state index is -1.01. The summed E-state index contributed by atoms with van der Waals surface area (Å²) in [4.78, 5) is 22.1. The standard InChI is InChI=1S/C16H20N4O4/c1-16(2,3)24-15(23)17-8-9-20-13-6-4-11(5-7-14(21)22)10-12(13)18-19-20/h4-7,10H,8-9H2,1-3H3,(H,17,23)(H,21,22)/b7-5+. The number of aromatic nitrogens is 3. The summed E-state index contributed by atoms with van der Waals surface area (Å²) in [5.41, 5.74) is 1.64. The lowest BCUT2D eigenvalue weighted by atomic mass is 10.2. The molecule has 0 aliphatic carbocycles. The number of nitrogens with zero attached hydrogens (tertiary/aromatic N) is 3. The molecule has 0 spiro atoms. The van der Waals surface area contributed by atoms with Crippen molar-refractivity contribution in [1.29, 1.82) is 0 Å². The van der Waals surface area contributed by atoms with E-state index in [0.29, 0.717) is 18.6 Å². The zero-order valence-electron chi connectivity index (χ0n) is 13.8. The SMILES string of the molecule is CC(C)(C)OC(=O)NCCn1nnc2cc(/C=C/C(=O)O)ccc21. The van der Waals surface area contributed by atoms with E-state index < -0.39 is 17.7 Å². The molecular formula is C16H20N4O4. The molecule has 1 aromatic carbocycles. The molecule has 1 amide bonds. The number of amides is 1. The van der Waals surface area contributed by atoms with Gasteiger partial charge in [0, 0.05) is 12.6 Å². The lowest BCUT2D eigenvalue weighted by Gasteiger charge is -2.19. The topological polar surface area (TPSA) is 106 Å². The van der Waals surface area contributed by atoms with Gasteiger partial charge in [-0.05, 0) is 44.5 Å². The molecule has 2 N–H and O–H groups in total. The first-order chi connectivity index (χ1) is 11.2. The number of carboxylic acid groups (broad SMARTS) is 1. The minimum absolute atomic E-state index is 0.355. The van der Waals surface area contributed by atoms with E-state index in [9.17, 15) is 9.59 Å². The third kappa shape index (κ3) is 5.08. The van der Waals surface area contributed by atoms with Crippen LogP contribution in [0.25, 0.3) is 17.1 Å². The van der Waals surface area contributed by atoms with Gasteiger partial charge in [0.15, 0.2) is 0 Å². The Labute approximate surface area is 139 Å². The molecule has 0 radical (unpaired) electrons. The van der Waals surface area contributed by atoms with Crippen molar-refractivity contribution in [3.05, 3.63) is 29.8 Å². The summed E-state index contributed by atoms with van der Waals surface area (Å²) in [5, 5.41) is 19.4. The summed E-state index contributed by atoms with van der Waals surface area (Å²) in [7, 11) is 0. The largest absolute Gasteiger partial charge is 0.478 e. The molecule has 1 heterocycles. The van der Waals surface area contributed by atoms with Crippen molar-refractivity contribution in [2.75, 3.05) is 6.54 Å². The fraction of sp³-hybridized carbons (Fsp3) is 0.375. The number of carboxylic acids is 1. The number of hydrogen-bond donors (Lipinski definition) is 2. The summed E-state index contributed by atoms with van der Waals surface area (Å²) in [6.07, 6.45) is 2.08. The van der Waals surface area contributed by atoms with Crippen LogP contribution in [0.4, 0.5) is 4.79 Å². The highest BCUT2D eigenvalue weighted by Gasteiger charge is 2.15. The summed E-state index contributed by atoms with van der Waals surface area (Å²) < 4.78 is 6.82. The van der Waals surface area contributed by atoms with Gasteiger partial charge in [0.05, 0.1) is 12.1 Å².